The molecule has 6 aromatic rings. The average molecular weight is 911 g/mol. The third-order valence-electron chi connectivity index (χ3n) is 15.7. The second kappa shape index (κ2) is 18.2. The average Bonchev–Trinajstić information content (AvgIpc) is 3.34. The van der Waals surface area contributed by atoms with Crippen LogP contribution >= 0.6 is 15.8 Å². The van der Waals surface area contributed by atoms with E-state index in [1.807, 2.05) is 0 Å². The van der Waals surface area contributed by atoms with Gasteiger partial charge in [-0.1, -0.05) is 127 Å². The van der Waals surface area contributed by atoms with Crippen LogP contribution in [-0.4, -0.2) is 0 Å². The fraction of sp³-hybridized carbons (Fsp3) is 0.410. The minimum absolute atomic E-state index is 0.300. The Morgan fingerprint density at radius 1 is 0.470 bits per heavy atom. The highest BCUT2D eigenvalue weighted by atomic mass is 31.1. The van der Waals surface area contributed by atoms with Crippen LogP contribution in [0.4, 0.5) is 0 Å². The van der Waals surface area contributed by atoms with Gasteiger partial charge in [0.2, 0.25) is 0 Å². The lowest BCUT2D eigenvalue weighted by Crippen LogP contribution is -2.35. The van der Waals surface area contributed by atoms with E-state index in [4.69, 9.17) is 14.2 Å². The van der Waals surface area contributed by atoms with Crippen molar-refractivity contribution in [1.82, 2.24) is 0 Å². The Labute approximate surface area is 397 Å². The van der Waals surface area contributed by atoms with Crippen molar-refractivity contribution in [2.45, 2.75) is 162 Å². The largest absolute Gasteiger partial charge is 0.456 e. The van der Waals surface area contributed by atoms with E-state index in [1.54, 1.807) is 0 Å². The zero-order valence-corrected chi connectivity index (χ0v) is 42.1. The first-order valence-corrected chi connectivity index (χ1v) is 28.3. The summed E-state index contributed by atoms with van der Waals surface area (Å²) in [5, 5.41) is 7.96. The lowest BCUT2D eigenvalue weighted by molar-refractivity contribution is 0.423. The maximum Gasteiger partial charge on any atom is 0.139 e. The van der Waals surface area contributed by atoms with Gasteiger partial charge in [-0.15, -0.1) is 0 Å². The molecular weight excluding hydrogens is 843 g/mol. The number of hydrogen-bond acceptors (Lipinski definition) is 3. The smallest absolute Gasteiger partial charge is 0.139 e. The molecule has 4 unspecified atom stereocenters. The molecule has 11 rings (SSSR count). The second-order valence-electron chi connectivity index (χ2n) is 20.9. The van der Waals surface area contributed by atoms with E-state index in [-0.39, 0.29) is 5.41 Å². The molecule has 0 saturated carbocycles. The van der Waals surface area contributed by atoms with Gasteiger partial charge in [-0.2, -0.15) is 0 Å². The Hall–Kier alpha value is -4.42. The van der Waals surface area contributed by atoms with Crippen LogP contribution in [0.25, 0.3) is 0 Å². The molecule has 66 heavy (non-hydrogen) atoms. The minimum atomic E-state index is -1.01. The topological polar surface area (TPSA) is 27.7 Å². The summed E-state index contributed by atoms with van der Waals surface area (Å²) in [6.07, 6.45) is 19.8. The summed E-state index contributed by atoms with van der Waals surface area (Å²) in [6.45, 7) is 14.1. The molecular formula is C61H68O3P2. The fourth-order valence-electron chi connectivity index (χ4n) is 11.9. The van der Waals surface area contributed by atoms with Crippen molar-refractivity contribution < 1.29 is 14.2 Å². The first kappa shape index (κ1) is 44.1. The summed E-state index contributed by atoms with van der Waals surface area (Å²) in [5.74, 6) is 7.20. The number of fused-ring (bicyclic) bond motifs is 16. The van der Waals surface area contributed by atoms with Gasteiger partial charge in [-0.25, -0.2) is 0 Å². The SMILES string of the molecule is CCCCCCC1CCCc2cc(c3c(c2)C(C)(C)c2cc4cc(c2O3)P2c3cc(C)ccc3Oc3ccc(cc32)C(CCCCCC)CCC4)P2c3cc(C)ccc3Oc3ccc1cc32. The lowest BCUT2D eigenvalue weighted by atomic mass is 9.74. The van der Waals surface area contributed by atoms with E-state index in [0.717, 1.165) is 47.3 Å². The van der Waals surface area contributed by atoms with Gasteiger partial charge in [0.05, 0.1) is 0 Å². The van der Waals surface area contributed by atoms with Gasteiger partial charge >= 0.3 is 0 Å². The van der Waals surface area contributed by atoms with Gasteiger partial charge in [0, 0.05) is 48.4 Å². The summed E-state index contributed by atoms with van der Waals surface area (Å²) in [7, 11) is -2.03. The van der Waals surface area contributed by atoms with Crippen LogP contribution in [0.3, 0.4) is 0 Å². The van der Waals surface area contributed by atoms with Crippen LogP contribution in [0, 0.1) is 13.8 Å². The normalized spacial score (nSPS) is 20.4. The molecule has 0 aromatic heterocycles. The summed E-state index contributed by atoms with van der Waals surface area (Å²) >= 11 is 0. The summed E-state index contributed by atoms with van der Waals surface area (Å²) in [5.41, 5.74) is 10.8. The number of ether oxygens (including phenoxy) is 3. The van der Waals surface area contributed by atoms with Crippen LogP contribution in [0.2, 0.25) is 0 Å². The van der Waals surface area contributed by atoms with E-state index >= 15 is 0 Å². The van der Waals surface area contributed by atoms with Crippen molar-refractivity contribution in [2.24, 2.45) is 0 Å². The number of hydrogen-bond donors (Lipinski definition) is 0. The van der Waals surface area contributed by atoms with Crippen molar-refractivity contribution in [3.63, 3.8) is 0 Å². The molecule has 340 valence electrons. The summed E-state index contributed by atoms with van der Waals surface area (Å²) < 4.78 is 21.7. The number of aryl methyl sites for hydroxylation is 4. The molecule has 6 aromatic carbocycles. The molecule has 5 heterocycles. The highest BCUT2D eigenvalue weighted by Gasteiger charge is 2.43. The molecule has 0 N–H and O–H groups in total. The summed E-state index contributed by atoms with van der Waals surface area (Å²) in [6, 6.07) is 38.4. The fourth-order valence-corrected chi connectivity index (χ4v) is 17.4. The van der Waals surface area contributed by atoms with E-state index in [0.29, 0.717) is 11.8 Å². The van der Waals surface area contributed by atoms with Crippen LogP contribution in [-0.2, 0) is 18.3 Å². The van der Waals surface area contributed by atoms with E-state index < -0.39 is 15.8 Å². The molecule has 3 nitrogen and oxygen atoms in total. The van der Waals surface area contributed by atoms with Gasteiger partial charge in [0.25, 0.3) is 0 Å². The number of rotatable bonds is 10. The first-order valence-electron chi connectivity index (χ1n) is 25.7. The minimum Gasteiger partial charge on any atom is -0.456 e. The van der Waals surface area contributed by atoms with Crippen molar-refractivity contribution >= 4 is 47.7 Å². The Morgan fingerprint density at radius 3 is 1.33 bits per heavy atom. The number of unbranched alkanes of at least 4 members (excludes halogenated alkanes) is 6. The zero-order valence-electron chi connectivity index (χ0n) is 40.3. The predicted molar refractivity (Wildman–Crippen MR) is 281 cm³/mol. The van der Waals surface area contributed by atoms with Crippen LogP contribution in [0.15, 0.2) is 97.1 Å². The Morgan fingerprint density at radius 2 is 0.894 bits per heavy atom. The van der Waals surface area contributed by atoms with Crippen molar-refractivity contribution in [1.29, 1.82) is 0 Å². The van der Waals surface area contributed by atoms with Crippen molar-refractivity contribution in [3.05, 3.63) is 142 Å². The quantitative estimate of drug-likeness (QED) is 0.101. The van der Waals surface area contributed by atoms with Gasteiger partial charge in [0.15, 0.2) is 0 Å². The van der Waals surface area contributed by atoms with E-state index in [9.17, 15) is 0 Å². The lowest BCUT2D eigenvalue weighted by Gasteiger charge is -2.40. The van der Waals surface area contributed by atoms with Gasteiger partial charge in [0.1, 0.15) is 34.5 Å². The third kappa shape index (κ3) is 8.03. The summed E-state index contributed by atoms with van der Waals surface area (Å²) in [4.78, 5) is 0. The Balaban J connectivity index is 1.11. The Bertz CT molecular complexity index is 2630. The Kier molecular flexibility index (Phi) is 12.2. The number of benzene rings is 6. The van der Waals surface area contributed by atoms with Gasteiger partial charge in [-0.3, -0.25) is 0 Å². The molecule has 0 radical (unpaired) electrons. The molecule has 0 spiro atoms. The maximum atomic E-state index is 7.91. The second-order valence-corrected chi connectivity index (χ2v) is 25.1. The van der Waals surface area contributed by atoms with Crippen LogP contribution < -0.4 is 46.0 Å². The molecule has 5 heteroatoms. The molecule has 0 aliphatic carbocycles. The highest BCUT2D eigenvalue weighted by molar-refractivity contribution is 7.81. The maximum absolute atomic E-state index is 7.91. The molecule has 5 aliphatic rings. The van der Waals surface area contributed by atoms with Crippen molar-refractivity contribution in [2.75, 3.05) is 0 Å². The molecule has 0 saturated heterocycles. The van der Waals surface area contributed by atoms with Gasteiger partial charge in [-0.05, 0) is 176 Å². The third-order valence-corrected chi connectivity index (χ3v) is 20.6. The zero-order chi connectivity index (χ0) is 45.1. The molecule has 0 fully saturated rings. The van der Waals surface area contributed by atoms with Crippen LogP contribution in [0.5, 0.6) is 34.5 Å². The van der Waals surface area contributed by atoms with Crippen molar-refractivity contribution in [3.8, 4) is 34.5 Å². The van der Waals surface area contributed by atoms with E-state index in [1.165, 1.54) is 166 Å². The van der Waals surface area contributed by atoms with E-state index in [2.05, 4.69) is 139 Å². The predicted octanol–water partition coefficient (Wildman–Crippen LogP) is 15.2. The van der Waals surface area contributed by atoms with Gasteiger partial charge < -0.3 is 14.2 Å². The molecule has 4 atom stereocenters. The van der Waals surface area contributed by atoms with Crippen LogP contribution in [0.1, 0.15) is 174 Å². The first-order chi connectivity index (χ1) is 32.2. The highest BCUT2D eigenvalue weighted by Crippen LogP contribution is 2.57. The standard InChI is InChI=1S/C61H68O3P2/c1-7-9-11-13-19-43-21-15-17-41-33-47-59(57(35-41)65-53-31-39(3)23-27-49(53)62-51-29-25-45(43)37-55(51)65)64-60-48(61(47,5)6)34-42-18-16-22-44(20-14-12-10-8-2)46-26-30-52-56(38-46)66(58(60)36-42)54-32-40(4)24-28-50(54)63-52/h23-38,43-44H,7-22H2,1-6H3. The monoisotopic (exact) mass is 910 g/mol. The molecule has 5 aliphatic heterocycles. The molecule has 8 bridgehead atoms. The molecule has 0 amide bonds.